The Morgan fingerprint density at radius 1 is 0.379 bits per heavy atom. The number of hydrogen-bond donors (Lipinski definition) is 0. The summed E-state index contributed by atoms with van der Waals surface area (Å²) in [6.45, 7) is 0. The van der Waals surface area contributed by atoms with Crippen LogP contribution in [0.15, 0.2) is 223 Å². The predicted octanol–water partition coefficient (Wildman–Crippen LogP) is 10.2. The van der Waals surface area contributed by atoms with Gasteiger partial charge in [0.2, 0.25) is 0 Å². The number of furan rings is 1. The molecule has 0 saturated carbocycles. The molecule has 0 atom stereocenters. The van der Waals surface area contributed by atoms with E-state index in [1.807, 2.05) is 6.07 Å². The molecule has 10 aromatic rings. The van der Waals surface area contributed by atoms with Crippen LogP contribution in [0.3, 0.4) is 0 Å². The lowest BCUT2D eigenvalue weighted by Gasteiger charge is -2.37. The molecule has 2 aliphatic rings. The molecule has 274 valence electrons. The molecule has 5 nitrogen and oxygen atoms in total. The average molecular weight is 761 g/mol. The third-order valence-corrected chi connectivity index (χ3v) is 16.8. The van der Waals surface area contributed by atoms with E-state index in [9.17, 15) is 0 Å². The summed E-state index contributed by atoms with van der Waals surface area (Å²) >= 11 is 0. The van der Waals surface area contributed by atoms with Gasteiger partial charge in [0, 0.05) is 39.6 Å². The number of hydrazine groups is 2. The molecule has 0 radical (unpaired) electrons. The Balaban J connectivity index is 1.06. The van der Waals surface area contributed by atoms with Gasteiger partial charge in [-0.05, 0) is 87.5 Å². The minimum absolute atomic E-state index is 0.908. The standard InChI is InChI=1S/C52H36N4OSi/c1-3-17-39(18-4-1)58(40-19-5-2-6-20-40,42-29-30-46-45-24-9-12-27-51(45)57-52(46)36-42)41-21-15-16-38(34-41)56-49-31-28-37(35-50(49)53-32-13-14-33-54(53)56)55-47-25-10-7-22-43(47)44-23-8-11-26-48(44)55/h1-36H. The summed E-state index contributed by atoms with van der Waals surface area (Å²) in [5, 5.41) is 16.8. The number of aromatic nitrogens is 1. The molecule has 0 saturated heterocycles. The highest BCUT2D eigenvalue weighted by Crippen LogP contribution is 2.46. The van der Waals surface area contributed by atoms with Crippen molar-refractivity contribution in [1.82, 2.24) is 9.69 Å². The van der Waals surface area contributed by atoms with Gasteiger partial charge >= 0.3 is 0 Å². The summed E-state index contributed by atoms with van der Waals surface area (Å²) in [5.74, 6) is 0. The van der Waals surface area contributed by atoms with Crippen LogP contribution in [0, 0.1) is 0 Å². The van der Waals surface area contributed by atoms with Crippen molar-refractivity contribution in [2.45, 2.75) is 0 Å². The van der Waals surface area contributed by atoms with Crippen LogP contribution in [0.4, 0.5) is 17.1 Å². The third-order valence-electron chi connectivity index (χ3n) is 12.0. The summed E-state index contributed by atoms with van der Waals surface area (Å²) < 4.78 is 8.96. The molecule has 58 heavy (non-hydrogen) atoms. The first-order valence-corrected chi connectivity index (χ1v) is 21.8. The van der Waals surface area contributed by atoms with Crippen LogP contribution in [0.5, 0.6) is 0 Å². The zero-order valence-electron chi connectivity index (χ0n) is 31.5. The monoisotopic (exact) mass is 760 g/mol. The predicted molar refractivity (Wildman–Crippen MR) is 243 cm³/mol. The lowest BCUT2D eigenvalue weighted by molar-refractivity contribution is 0.408. The maximum atomic E-state index is 6.57. The highest BCUT2D eigenvalue weighted by Gasteiger charge is 2.43. The minimum atomic E-state index is -2.94. The van der Waals surface area contributed by atoms with Crippen molar-refractivity contribution in [2.24, 2.45) is 0 Å². The van der Waals surface area contributed by atoms with E-state index in [2.05, 4.69) is 232 Å². The first-order valence-electron chi connectivity index (χ1n) is 19.8. The molecule has 0 amide bonds. The SMILES string of the molecule is C1=CN2c3cc(-n4c5ccccc5c5ccccc54)ccc3N(c3cccc([Si](c4ccccc4)(c4ccccc4)c4ccc5c(c4)oc4ccccc45)c3)N2C=C1. The Bertz CT molecular complexity index is 3180. The van der Waals surface area contributed by atoms with Crippen LogP contribution in [0.1, 0.15) is 0 Å². The topological polar surface area (TPSA) is 27.8 Å². The van der Waals surface area contributed by atoms with Crippen LogP contribution in [-0.4, -0.2) is 17.8 Å². The smallest absolute Gasteiger partial charge is 0.179 e. The Morgan fingerprint density at radius 2 is 0.983 bits per heavy atom. The van der Waals surface area contributed by atoms with Gasteiger partial charge in [0.05, 0.1) is 28.1 Å². The van der Waals surface area contributed by atoms with Crippen molar-refractivity contribution >= 4 is 89.6 Å². The van der Waals surface area contributed by atoms with E-state index in [-0.39, 0.29) is 0 Å². The van der Waals surface area contributed by atoms with E-state index >= 15 is 0 Å². The van der Waals surface area contributed by atoms with Crippen molar-refractivity contribution in [3.05, 3.63) is 219 Å². The summed E-state index contributed by atoms with van der Waals surface area (Å²) in [5.41, 5.74) is 8.62. The number of fused-ring (bicyclic) bond motifs is 9. The molecule has 2 aromatic heterocycles. The van der Waals surface area contributed by atoms with Gasteiger partial charge in [0.25, 0.3) is 0 Å². The summed E-state index contributed by atoms with van der Waals surface area (Å²) in [4.78, 5) is 0. The van der Waals surface area contributed by atoms with Gasteiger partial charge in [-0.1, -0.05) is 140 Å². The lowest BCUT2D eigenvalue weighted by atomic mass is 10.1. The van der Waals surface area contributed by atoms with Crippen LogP contribution < -0.4 is 30.8 Å². The summed E-state index contributed by atoms with van der Waals surface area (Å²) in [6, 6.07) is 71.0. The van der Waals surface area contributed by atoms with E-state index < -0.39 is 8.07 Å². The molecular weight excluding hydrogens is 725 g/mol. The molecule has 0 fully saturated rings. The molecule has 0 bridgehead atoms. The molecule has 0 aliphatic carbocycles. The zero-order chi connectivity index (χ0) is 38.2. The van der Waals surface area contributed by atoms with Crippen molar-refractivity contribution in [3.63, 3.8) is 0 Å². The average Bonchev–Trinajstić information content (AvgIpc) is 3.95. The molecule has 8 aromatic carbocycles. The Labute approximate surface area is 336 Å². The second kappa shape index (κ2) is 12.7. The van der Waals surface area contributed by atoms with Gasteiger partial charge in [-0.25, -0.2) is 10.0 Å². The van der Waals surface area contributed by atoms with E-state index in [4.69, 9.17) is 4.42 Å². The number of anilines is 3. The number of nitrogens with zero attached hydrogens (tertiary/aromatic N) is 4. The normalized spacial score (nSPS) is 13.6. The third kappa shape index (κ3) is 4.70. The summed E-state index contributed by atoms with van der Waals surface area (Å²) in [6.07, 6.45) is 8.49. The molecule has 0 N–H and O–H groups in total. The molecular formula is C52H36N4OSi. The van der Waals surface area contributed by atoms with Crippen LogP contribution in [0.2, 0.25) is 0 Å². The number of hydrogen-bond acceptors (Lipinski definition) is 4. The number of allylic oxidation sites excluding steroid dienone is 2. The molecule has 2 aliphatic heterocycles. The van der Waals surface area contributed by atoms with Crippen LogP contribution in [0.25, 0.3) is 49.4 Å². The van der Waals surface area contributed by atoms with Crippen molar-refractivity contribution in [1.29, 1.82) is 0 Å². The van der Waals surface area contributed by atoms with Crippen LogP contribution >= 0.6 is 0 Å². The zero-order valence-corrected chi connectivity index (χ0v) is 32.5. The number of benzene rings is 8. The second-order valence-electron chi connectivity index (χ2n) is 15.0. The first-order chi connectivity index (χ1) is 28.8. The number of rotatable bonds is 6. The van der Waals surface area contributed by atoms with Gasteiger partial charge in [0.15, 0.2) is 8.07 Å². The quantitative estimate of drug-likeness (QED) is 0.125. The van der Waals surface area contributed by atoms with Gasteiger partial charge in [-0.3, -0.25) is 0 Å². The molecule has 12 rings (SSSR count). The Morgan fingerprint density at radius 3 is 1.72 bits per heavy atom. The maximum Gasteiger partial charge on any atom is 0.179 e. The molecule has 4 heterocycles. The lowest BCUT2D eigenvalue weighted by Crippen LogP contribution is -2.74. The summed E-state index contributed by atoms with van der Waals surface area (Å²) in [7, 11) is -2.94. The molecule has 0 unspecified atom stereocenters. The maximum absolute atomic E-state index is 6.57. The van der Waals surface area contributed by atoms with Crippen LogP contribution in [-0.2, 0) is 0 Å². The van der Waals surface area contributed by atoms with Crippen molar-refractivity contribution < 1.29 is 4.42 Å². The van der Waals surface area contributed by atoms with Crippen molar-refractivity contribution in [2.75, 3.05) is 10.0 Å². The first kappa shape index (κ1) is 32.7. The Kier molecular flexibility index (Phi) is 7.18. The van der Waals surface area contributed by atoms with Gasteiger partial charge in [-0.2, -0.15) is 5.12 Å². The van der Waals surface area contributed by atoms with Crippen molar-refractivity contribution in [3.8, 4) is 5.69 Å². The number of para-hydroxylation sites is 3. The van der Waals surface area contributed by atoms with Gasteiger partial charge < -0.3 is 8.98 Å². The molecule has 0 spiro atoms. The fourth-order valence-electron chi connectivity index (χ4n) is 9.54. The highest BCUT2D eigenvalue weighted by molar-refractivity contribution is 7.20. The van der Waals surface area contributed by atoms with E-state index in [0.29, 0.717) is 0 Å². The fourth-order valence-corrected chi connectivity index (χ4v) is 14.3. The molecule has 6 heteroatoms. The van der Waals surface area contributed by atoms with E-state index in [0.717, 1.165) is 44.7 Å². The Hall–Kier alpha value is -7.54. The van der Waals surface area contributed by atoms with Gasteiger partial charge in [-0.15, -0.1) is 0 Å². The fraction of sp³-hybridized carbons (Fsp3) is 0. The second-order valence-corrected chi connectivity index (χ2v) is 18.9. The largest absolute Gasteiger partial charge is 0.456 e. The van der Waals surface area contributed by atoms with Gasteiger partial charge in [0.1, 0.15) is 11.2 Å². The highest BCUT2D eigenvalue weighted by atomic mass is 28.3. The van der Waals surface area contributed by atoms with E-state index in [1.54, 1.807) is 0 Å². The minimum Gasteiger partial charge on any atom is -0.456 e. The van der Waals surface area contributed by atoms with E-state index in [1.165, 1.54) is 42.6 Å².